The summed E-state index contributed by atoms with van der Waals surface area (Å²) in [4.78, 5) is 0. The summed E-state index contributed by atoms with van der Waals surface area (Å²) < 4.78 is 11.9. The Morgan fingerprint density at radius 3 is 2.53 bits per heavy atom. The molecule has 2 rings (SSSR count). The summed E-state index contributed by atoms with van der Waals surface area (Å²) in [5.41, 5.74) is -0.928. The summed E-state index contributed by atoms with van der Waals surface area (Å²) >= 11 is 0. The van der Waals surface area contributed by atoms with E-state index in [1.54, 1.807) is 0 Å². The van der Waals surface area contributed by atoms with Gasteiger partial charge in [-0.1, -0.05) is 0 Å². The number of rotatable bonds is 3. The van der Waals surface area contributed by atoms with Crippen LogP contribution in [0.3, 0.4) is 0 Å². The fourth-order valence-corrected chi connectivity index (χ4v) is 3.07. The first-order valence-corrected chi connectivity index (χ1v) is 5.87. The average Bonchev–Trinajstić information content (AvgIpc) is 2.57. The Kier molecular flexibility index (Phi) is 2.42. The molecular formula is C12H22O3. The molecule has 0 aromatic heterocycles. The minimum absolute atomic E-state index is 0.281. The smallest absolute Gasteiger partial charge is 0.100 e. The number of fused-ring (bicyclic) bond motifs is 2. The van der Waals surface area contributed by atoms with Crippen LogP contribution >= 0.6 is 0 Å². The van der Waals surface area contributed by atoms with Gasteiger partial charge in [0.15, 0.2) is 0 Å². The van der Waals surface area contributed by atoms with Crippen LogP contribution in [-0.4, -0.2) is 34.6 Å². The minimum Gasteiger partial charge on any atom is -0.390 e. The zero-order chi connectivity index (χ0) is 11.3. The summed E-state index contributed by atoms with van der Waals surface area (Å²) in [6.45, 7) is 8.83. The quantitative estimate of drug-likeness (QED) is 0.779. The summed E-state index contributed by atoms with van der Waals surface area (Å²) in [5, 5.41) is 9.99. The molecule has 2 fully saturated rings. The maximum absolute atomic E-state index is 9.99. The van der Waals surface area contributed by atoms with E-state index in [0.29, 0.717) is 13.0 Å². The number of aliphatic hydroxyl groups excluding tert-OH is 1. The van der Waals surface area contributed by atoms with Crippen LogP contribution < -0.4 is 0 Å². The molecule has 88 valence electrons. The van der Waals surface area contributed by atoms with Crippen molar-refractivity contribution in [3.05, 3.63) is 0 Å². The lowest BCUT2D eigenvalue weighted by Gasteiger charge is -2.41. The van der Waals surface area contributed by atoms with E-state index in [1.807, 2.05) is 13.8 Å². The molecule has 2 bridgehead atoms. The molecule has 0 aromatic rings. The Labute approximate surface area is 91.8 Å². The molecule has 3 nitrogen and oxygen atoms in total. The fraction of sp³-hybridized carbons (Fsp3) is 1.00. The van der Waals surface area contributed by atoms with E-state index in [1.165, 1.54) is 0 Å². The molecule has 2 saturated heterocycles. The van der Waals surface area contributed by atoms with Gasteiger partial charge in [0, 0.05) is 13.0 Å². The van der Waals surface area contributed by atoms with E-state index in [9.17, 15) is 5.11 Å². The molecule has 3 heteroatoms. The standard InChI is InChI=1S/C12H22O3/c1-5-14-10(2,3)12-7-6-11(4,15-12)9(13)8-12/h9,13H,5-8H2,1-4H3. The van der Waals surface area contributed by atoms with Gasteiger partial charge < -0.3 is 14.6 Å². The van der Waals surface area contributed by atoms with Gasteiger partial charge in [0.2, 0.25) is 0 Å². The van der Waals surface area contributed by atoms with Crippen molar-refractivity contribution in [2.45, 2.75) is 69.9 Å². The monoisotopic (exact) mass is 214 g/mol. The van der Waals surface area contributed by atoms with Crippen molar-refractivity contribution in [1.29, 1.82) is 0 Å². The zero-order valence-electron chi connectivity index (χ0n) is 10.2. The first-order valence-electron chi connectivity index (χ1n) is 5.87. The highest BCUT2D eigenvalue weighted by atomic mass is 16.6. The maximum atomic E-state index is 9.99. The molecule has 0 spiro atoms. The summed E-state index contributed by atoms with van der Waals surface area (Å²) in [5.74, 6) is 0. The number of ether oxygens (including phenoxy) is 2. The molecule has 15 heavy (non-hydrogen) atoms. The maximum Gasteiger partial charge on any atom is 0.100 e. The molecule has 3 atom stereocenters. The molecule has 0 amide bonds. The van der Waals surface area contributed by atoms with Crippen LogP contribution in [0.4, 0.5) is 0 Å². The first-order chi connectivity index (χ1) is 6.85. The molecule has 0 radical (unpaired) electrons. The SMILES string of the molecule is CCOC(C)(C)C12CCC(C)(O1)C(O)C2. The summed E-state index contributed by atoms with van der Waals surface area (Å²) in [6, 6.07) is 0. The van der Waals surface area contributed by atoms with E-state index >= 15 is 0 Å². The normalized spacial score (nSPS) is 45.0. The molecule has 3 unspecified atom stereocenters. The van der Waals surface area contributed by atoms with Gasteiger partial charge in [-0.3, -0.25) is 0 Å². The predicted octanol–water partition coefficient (Wildman–Crippen LogP) is 1.87. The van der Waals surface area contributed by atoms with Crippen molar-refractivity contribution in [2.24, 2.45) is 0 Å². The Bertz CT molecular complexity index is 264. The Balaban J connectivity index is 2.23. The second-order valence-electron chi connectivity index (χ2n) is 5.57. The molecular weight excluding hydrogens is 192 g/mol. The van der Waals surface area contributed by atoms with E-state index in [2.05, 4.69) is 13.8 Å². The third-order valence-corrected chi connectivity index (χ3v) is 4.28. The first kappa shape index (κ1) is 11.4. The van der Waals surface area contributed by atoms with Crippen LogP contribution in [0.1, 0.15) is 47.0 Å². The molecule has 0 aliphatic carbocycles. The van der Waals surface area contributed by atoms with Crippen molar-refractivity contribution in [2.75, 3.05) is 6.61 Å². The van der Waals surface area contributed by atoms with Crippen molar-refractivity contribution in [3.8, 4) is 0 Å². The molecule has 2 heterocycles. The van der Waals surface area contributed by atoms with Gasteiger partial charge in [-0.05, 0) is 40.5 Å². The fourth-order valence-electron chi connectivity index (χ4n) is 3.07. The third-order valence-electron chi connectivity index (χ3n) is 4.28. The largest absolute Gasteiger partial charge is 0.390 e. The van der Waals surface area contributed by atoms with Crippen LogP contribution in [0.15, 0.2) is 0 Å². The predicted molar refractivity (Wildman–Crippen MR) is 57.8 cm³/mol. The van der Waals surface area contributed by atoms with Gasteiger partial charge in [-0.25, -0.2) is 0 Å². The Morgan fingerprint density at radius 1 is 1.47 bits per heavy atom. The third kappa shape index (κ3) is 1.44. The van der Waals surface area contributed by atoms with Crippen LogP contribution in [0.25, 0.3) is 0 Å². The van der Waals surface area contributed by atoms with Crippen LogP contribution in [-0.2, 0) is 9.47 Å². The van der Waals surface area contributed by atoms with E-state index in [4.69, 9.17) is 9.47 Å². The summed E-state index contributed by atoms with van der Waals surface area (Å²) in [6.07, 6.45) is 2.29. The number of hydrogen-bond donors (Lipinski definition) is 1. The van der Waals surface area contributed by atoms with E-state index < -0.39 is 0 Å². The number of aliphatic hydroxyl groups is 1. The molecule has 1 N–H and O–H groups in total. The average molecular weight is 214 g/mol. The van der Waals surface area contributed by atoms with Crippen LogP contribution in [0.5, 0.6) is 0 Å². The topological polar surface area (TPSA) is 38.7 Å². The lowest BCUT2D eigenvalue weighted by Crippen LogP contribution is -2.50. The lowest BCUT2D eigenvalue weighted by molar-refractivity contribution is -0.175. The number of hydrogen-bond acceptors (Lipinski definition) is 3. The molecule has 2 aliphatic heterocycles. The Hall–Kier alpha value is -0.120. The second-order valence-corrected chi connectivity index (χ2v) is 5.57. The second kappa shape index (κ2) is 3.19. The van der Waals surface area contributed by atoms with E-state index in [0.717, 1.165) is 12.8 Å². The molecule has 2 aliphatic rings. The highest BCUT2D eigenvalue weighted by Crippen LogP contribution is 2.56. The van der Waals surface area contributed by atoms with Gasteiger partial charge in [0.05, 0.1) is 17.3 Å². The van der Waals surface area contributed by atoms with Crippen molar-refractivity contribution >= 4 is 0 Å². The van der Waals surface area contributed by atoms with Gasteiger partial charge in [-0.2, -0.15) is 0 Å². The van der Waals surface area contributed by atoms with Gasteiger partial charge in [0.25, 0.3) is 0 Å². The van der Waals surface area contributed by atoms with Crippen LogP contribution in [0, 0.1) is 0 Å². The van der Waals surface area contributed by atoms with Crippen molar-refractivity contribution in [1.82, 2.24) is 0 Å². The highest BCUT2D eigenvalue weighted by molar-refractivity contribution is 5.14. The van der Waals surface area contributed by atoms with Crippen molar-refractivity contribution < 1.29 is 14.6 Å². The lowest BCUT2D eigenvalue weighted by atomic mass is 9.73. The highest BCUT2D eigenvalue weighted by Gasteiger charge is 2.64. The van der Waals surface area contributed by atoms with E-state index in [-0.39, 0.29) is 22.9 Å². The van der Waals surface area contributed by atoms with Gasteiger partial charge >= 0.3 is 0 Å². The van der Waals surface area contributed by atoms with Crippen molar-refractivity contribution in [3.63, 3.8) is 0 Å². The summed E-state index contributed by atoms with van der Waals surface area (Å²) in [7, 11) is 0. The van der Waals surface area contributed by atoms with Gasteiger partial charge in [-0.15, -0.1) is 0 Å². The Morgan fingerprint density at radius 2 is 2.13 bits per heavy atom. The zero-order valence-corrected chi connectivity index (χ0v) is 10.2. The minimum atomic E-state index is -0.342. The molecule has 0 saturated carbocycles. The van der Waals surface area contributed by atoms with Gasteiger partial charge in [0.1, 0.15) is 5.60 Å². The molecule has 0 aromatic carbocycles. The van der Waals surface area contributed by atoms with Crippen LogP contribution in [0.2, 0.25) is 0 Å².